The van der Waals surface area contributed by atoms with E-state index < -0.39 is 0 Å². The summed E-state index contributed by atoms with van der Waals surface area (Å²) in [5.74, 6) is 3.62. The van der Waals surface area contributed by atoms with E-state index in [9.17, 15) is 0 Å². The van der Waals surface area contributed by atoms with Crippen molar-refractivity contribution in [3.8, 4) is 11.5 Å². The molecule has 2 heterocycles. The molecule has 29 heavy (non-hydrogen) atoms. The fourth-order valence-electron chi connectivity index (χ4n) is 3.43. The van der Waals surface area contributed by atoms with E-state index >= 15 is 0 Å². The largest absolute Gasteiger partial charge is 0.456 e. The number of aromatic nitrogens is 1. The molecule has 0 aliphatic carbocycles. The van der Waals surface area contributed by atoms with Gasteiger partial charge in [0, 0.05) is 35.8 Å². The minimum Gasteiger partial charge on any atom is -0.456 e. The Balaban J connectivity index is 1.46. The monoisotopic (exact) mass is 413 g/mol. The summed E-state index contributed by atoms with van der Waals surface area (Å²) in [5.41, 5.74) is 1.20. The van der Waals surface area contributed by atoms with Crippen LogP contribution in [0.15, 0.2) is 41.4 Å². The molecule has 0 atom stereocenters. The molecule has 0 unspecified atom stereocenters. The number of pyridine rings is 1. The molecule has 1 aromatic heterocycles. The first-order chi connectivity index (χ1) is 14.1. The van der Waals surface area contributed by atoms with E-state index in [1.807, 2.05) is 18.2 Å². The number of rotatable bonds is 11. The van der Waals surface area contributed by atoms with Crippen molar-refractivity contribution in [3.63, 3.8) is 0 Å². The van der Waals surface area contributed by atoms with Gasteiger partial charge in [0.2, 0.25) is 0 Å². The van der Waals surface area contributed by atoms with Crippen LogP contribution in [0, 0.1) is 0 Å². The lowest BCUT2D eigenvalue weighted by molar-refractivity contribution is 0.468. The first-order valence-corrected chi connectivity index (χ1v) is 12.0. The van der Waals surface area contributed by atoms with Crippen LogP contribution >= 0.6 is 11.8 Å². The maximum absolute atomic E-state index is 6.16. The quantitative estimate of drug-likeness (QED) is 0.378. The zero-order valence-corrected chi connectivity index (χ0v) is 18.9. The molecule has 0 saturated carbocycles. The molecular formula is C24H35N3OS. The van der Waals surface area contributed by atoms with Crippen molar-refractivity contribution >= 4 is 23.3 Å². The average Bonchev–Trinajstić information content (AvgIpc) is 2.70. The molecule has 0 amide bonds. The second-order valence-electron chi connectivity index (χ2n) is 8.46. The Bertz CT molecular complexity index is 761. The van der Waals surface area contributed by atoms with E-state index in [0.29, 0.717) is 0 Å². The van der Waals surface area contributed by atoms with Gasteiger partial charge in [-0.2, -0.15) is 0 Å². The van der Waals surface area contributed by atoms with Crippen LogP contribution in [0.25, 0.3) is 0 Å². The van der Waals surface area contributed by atoms with Gasteiger partial charge >= 0.3 is 0 Å². The number of fused-ring (bicyclic) bond motifs is 1. The standard InChI is InChI=1S/C24H35N3OS/c1-4-5-6-7-8-9-10-16-25-19-11-13-20(14-12-19)28-21-15-17-26-23-22(21)29-18-24(2,3)27-23/h11-15,17,25H,4-10,16,18H2,1-3H3,(H,26,27). The third-order valence-corrected chi connectivity index (χ3v) is 6.64. The number of ether oxygens (including phenoxy) is 1. The lowest BCUT2D eigenvalue weighted by Gasteiger charge is -2.32. The van der Waals surface area contributed by atoms with E-state index in [4.69, 9.17) is 4.74 Å². The second-order valence-corrected chi connectivity index (χ2v) is 9.44. The van der Waals surface area contributed by atoms with Crippen LogP contribution in [0.4, 0.5) is 11.5 Å². The number of hydrogen-bond donors (Lipinski definition) is 2. The number of nitrogens with one attached hydrogen (secondary N) is 2. The first kappa shape index (κ1) is 21.8. The topological polar surface area (TPSA) is 46.2 Å². The lowest BCUT2D eigenvalue weighted by Crippen LogP contribution is -2.36. The van der Waals surface area contributed by atoms with Gasteiger partial charge in [-0.25, -0.2) is 4.98 Å². The van der Waals surface area contributed by atoms with Gasteiger partial charge in [-0.3, -0.25) is 0 Å². The van der Waals surface area contributed by atoms with Gasteiger partial charge in [0.25, 0.3) is 0 Å². The Kier molecular flexibility index (Phi) is 8.10. The zero-order chi connectivity index (χ0) is 20.5. The van der Waals surface area contributed by atoms with Crippen molar-refractivity contribution in [1.82, 2.24) is 4.98 Å². The van der Waals surface area contributed by atoms with E-state index in [0.717, 1.165) is 40.2 Å². The van der Waals surface area contributed by atoms with Gasteiger partial charge in [0.05, 0.1) is 4.90 Å². The van der Waals surface area contributed by atoms with Gasteiger partial charge in [0.1, 0.15) is 17.3 Å². The molecule has 0 saturated heterocycles. The molecule has 3 rings (SSSR count). The van der Waals surface area contributed by atoms with Crippen molar-refractivity contribution in [1.29, 1.82) is 0 Å². The van der Waals surface area contributed by atoms with Gasteiger partial charge in [-0.15, -0.1) is 11.8 Å². The molecular weight excluding hydrogens is 378 g/mol. The molecule has 1 aliphatic heterocycles. The van der Waals surface area contributed by atoms with Gasteiger partial charge in [0.15, 0.2) is 0 Å². The number of thioether (sulfide) groups is 1. The Morgan fingerprint density at radius 2 is 1.76 bits per heavy atom. The fourth-order valence-corrected chi connectivity index (χ4v) is 4.50. The summed E-state index contributed by atoms with van der Waals surface area (Å²) in [4.78, 5) is 5.57. The molecule has 4 nitrogen and oxygen atoms in total. The van der Waals surface area contributed by atoms with Crippen molar-refractivity contribution in [2.75, 3.05) is 22.9 Å². The maximum Gasteiger partial charge on any atom is 0.146 e. The maximum atomic E-state index is 6.16. The molecule has 0 fully saturated rings. The number of unbranched alkanes of at least 4 members (excludes halogenated alkanes) is 6. The van der Waals surface area contributed by atoms with Crippen molar-refractivity contribution < 1.29 is 4.74 Å². The highest BCUT2D eigenvalue weighted by Gasteiger charge is 2.28. The van der Waals surface area contributed by atoms with E-state index in [1.54, 1.807) is 18.0 Å². The molecule has 0 spiro atoms. The fraction of sp³-hybridized carbons (Fsp3) is 0.542. The van der Waals surface area contributed by atoms with Gasteiger partial charge in [-0.1, -0.05) is 45.4 Å². The minimum atomic E-state index is 0.0477. The molecule has 0 bridgehead atoms. The summed E-state index contributed by atoms with van der Waals surface area (Å²) in [7, 11) is 0. The Morgan fingerprint density at radius 3 is 2.52 bits per heavy atom. The highest BCUT2D eigenvalue weighted by Crippen LogP contribution is 2.42. The summed E-state index contributed by atoms with van der Waals surface area (Å²) < 4.78 is 6.16. The summed E-state index contributed by atoms with van der Waals surface area (Å²) >= 11 is 1.80. The van der Waals surface area contributed by atoms with Crippen LogP contribution in [-0.2, 0) is 0 Å². The van der Waals surface area contributed by atoms with Crippen LogP contribution in [0.2, 0.25) is 0 Å². The van der Waals surface area contributed by atoms with Gasteiger partial charge < -0.3 is 15.4 Å². The van der Waals surface area contributed by atoms with Crippen molar-refractivity contribution in [2.45, 2.75) is 76.2 Å². The van der Waals surface area contributed by atoms with Crippen LogP contribution in [0.1, 0.15) is 65.7 Å². The molecule has 2 aromatic rings. The third kappa shape index (κ3) is 6.84. The molecule has 1 aliphatic rings. The predicted molar refractivity (Wildman–Crippen MR) is 126 cm³/mol. The molecule has 5 heteroatoms. The van der Waals surface area contributed by atoms with Crippen LogP contribution < -0.4 is 15.4 Å². The lowest BCUT2D eigenvalue weighted by atomic mass is 10.1. The van der Waals surface area contributed by atoms with Gasteiger partial charge in [-0.05, 0) is 44.5 Å². The summed E-state index contributed by atoms with van der Waals surface area (Å²) in [6, 6.07) is 10.2. The number of benzene rings is 1. The van der Waals surface area contributed by atoms with E-state index in [2.05, 4.69) is 48.5 Å². The zero-order valence-electron chi connectivity index (χ0n) is 18.1. The van der Waals surface area contributed by atoms with E-state index in [-0.39, 0.29) is 5.54 Å². The van der Waals surface area contributed by atoms with Crippen LogP contribution in [-0.4, -0.2) is 22.8 Å². The summed E-state index contributed by atoms with van der Waals surface area (Å²) in [6.07, 6.45) is 11.2. The SMILES string of the molecule is CCCCCCCCCNc1ccc(Oc2ccnc3c2SCC(C)(C)N3)cc1. The average molecular weight is 414 g/mol. The van der Waals surface area contributed by atoms with Crippen molar-refractivity contribution in [3.05, 3.63) is 36.5 Å². The van der Waals surface area contributed by atoms with E-state index in [1.165, 1.54) is 44.9 Å². The Morgan fingerprint density at radius 1 is 1.03 bits per heavy atom. The number of anilines is 2. The second kappa shape index (κ2) is 10.8. The smallest absolute Gasteiger partial charge is 0.146 e. The van der Waals surface area contributed by atoms with Crippen LogP contribution in [0.5, 0.6) is 11.5 Å². The molecule has 2 N–H and O–H groups in total. The van der Waals surface area contributed by atoms with Crippen LogP contribution in [0.3, 0.4) is 0 Å². The summed E-state index contributed by atoms with van der Waals surface area (Å²) in [6.45, 7) is 7.68. The molecule has 1 aromatic carbocycles. The Labute approximate surface area is 180 Å². The third-order valence-electron chi connectivity index (χ3n) is 5.09. The normalized spacial score (nSPS) is 14.7. The predicted octanol–water partition coefficient (Wildman–Crippen LogP) is 7.33. The highest BCUT2D eigenvalue weighted by molar-refractivity contribution is 7.99. The molecule has 158 valence electrons. The first-order valence-electron chi connectivity index (χ1n) is 11.0. The van der Waals surface area contributed by atoms with Crippen molar-refractivity contribution in [2.24, 2.45) is 0 Å². The Hall–Kier alpha value is -1.88. The highest BCUT2D eigenvalue weighted by atomic mass is 32.2. The number of hydrogen-bond acceptors (Lipinski definition) is 5. The summed E-state index contributed by atoms with van der Waals surface area (Å²) in [5, 5.41) is 7.01. The minimum absolute atomic E-state index is 0.0477. The molecule has 0 radical (unpaired) electrons. The number of nitrogens with zero attached hydrogens (tertiary/aromatic N) is 1.